The van der Waals surface area contributed by atoms with Crippen LogP contribution in [0.5, 0.6) is 5.75 Å². The molecule has 1 aromatic heterocycles. The van der Waals surface area contributed by atoms with Gasteiger partial charge < -0.3 is 20.3 Å². The molecule has 48 heavy (non-hydrogen) atoms. The molecule has 3 N–H and O–H groups in total. The summed E-state index contributed by atoms with van der Waals surface area (Å²) in [6.07, 6.45) is -4.02. The van der Waals surface area contributed by atoms with Crippen molar-refractivity contribution >= 4 is 35.4 Å². The second-order valence-electron chi connectivity index (χ2n) is 11.3. The Balaban J connectivity index is 1.34. The summed E-state index contributed by atoms with van der Waals surface area (Å²) in [7, 11) is 0. The number of ketones is 1. The predicted octanol–water partition coefficient (Wildman–Crippen LogP) is 4.56. The molecular weight excluding hydrogens is 637 g/mol. The van der Waals surface area contributed by atoms with E-state index in [1.807, 2.05) is 0 Å². The highest BCUT2D eigenvalue weighted by atomic mass is 19.4. The van der Waals surface area contributed by atoms with Crippen molar-refractivity contribution in [3.05, 3.63) is 88.0 Å². The molecule has 0 bridgehead atoms. The molecule has 0 radical (unpaired) electrons. The van der Waals surface area contributed by atoms with Crippen LogP contribution in [0.15, 0.2) is 53.7 Å². The number of esters is 2. The molecule has 0 fully saturated rings. The van der Waals surface area contributed by atoms with E-state index in [0.29, 0.717) is 36.4 Å². The molecule has 1 atom stereocenters. The molecule has 2 heterocycles. The minimum absolute atomic E-state index is 0.163. The smallest absolute Gasteiger partial charge is 0.416 e. The van der Waals surface area contributed by atoms with Gasteiger partial charge in [-0.25, -0.2) is 9.78 Å². The van der Waals surface area contributed by atoms with Crippen LogP contribution in [0.4, 0.5) is 13.2 Å². The van der Waals surface area contributed by atoms with Gasteiger partial charge in [0.2, 0.25) is 0 Å². The molecule has 0 spiro atoms. The Morgan fingerprint density at radius 3 is 2.40 bits per heavy atom. The first-order valence-electron chi connectivity index (χ1n) is 14.8. The van der Waals surface area contributed by atoms with Crippen molar-refractivity contribution in [2.75, 3.05) is 0 Å². The number of Topliss-reactive ketones (excluding diaryl/α,β-unsaturated/α-hetero) is 1. The van der Waals surface area contributed by atoms with E-state index in [4.69, 9.17) is 15.2 Å². The summed E-state index contributed by atoms with van der Waals surface area (Å²) in [6.45, 7) is 3.06. The summed E-state index contributed by atoms with van der Waals surface area (Å²) in [6, 6.07) is 8.43. The number of amides is 1. The van der Waals surface area contributed by atoms with Crippen LogP contribution in [0.1, 0.15) is 86.8 Å². The van der Waals surface area contributed by atoms with Crippen molar-refractivity contribution in [1.82, 2.24) is 9.97 Å². The van der Waals surface area contributed by atoms with Gasteiger partial charge in [-0.1, -0.05) is 24.3 Å². The Morgan fingerprint density at radius 1 is 1.04 bits per heavy atom. The number of fused-ring (bicyclic) bond motifs is 1. The van der Waals surface area contributed by atoms with Gasteiger partial charge in [0.25, 0.3) is 5.91 Å². The van der Waals surface area contributed by atoms with Gasteiger partial charge in [0.1, 0.15) is 17.1 Å². The molecule has 3 aromatic rings. The van der Waals surface area contributed by atoms with Gasteiger partial charge in [0.15, 0.2) is 11.5 Å². The first-order chi connectivity index (χ1) is 22.6. The van der Waals surface area contributed by atoms with Crippen molar-refractivity contribution < 1.29 is 51.7 Å². The van der Waals surface area contributed by atoms with Gasteiger partial charge in [-0.05, 0) is 56.9 Å². The average Bonchev–Trinajstić information content (AvgIpc) is 3.01. The number of alkyl halides is 3. The summed E-state index contributed by atoms with van der Waals surface area (Å²) in [4.78, 5) is 74.2. The molecule has 252 valence electrons. The maximum atomic E-state index is 13.3. The molecule has 1 unspecified atom stereocenters. The number of rotatable bonds is 13. The van der Waals surface area contributed by atoms with Gasteiger partial charge in [-0.15, -0.1) is 0 Å². The minimum atomic E-state index is -4.79. The summed E-state index contributed by atoms with van der Waals surface area (Å²) < 4.78 is 49.9. The standard InChI is InChI=1S/C33H31F3N4O8/c1-17(2)47-32(46)23-11-9-21(33(34,35)36)14-26(23)48-28(42)12-8-20(31(44)45)13-25(41)19-6-3-18(4-7-19)5-10-22-16-38-24-15-27(37)40-30(43)29(24)39-22/h3-4,6-7,9,11,14,16-17,20H,5,8,10,12-13,15H2,1-2H3,(H,44,45)(H2,37,40,43). The molecule has 0 aliphatic carbocycles. The largest absolute Gasteiger partial charge is 0.481 e. The zero-order valence-corrected chi connectivity index (χ0v) is 25.9. The molecular formula is C33H31F3N4O8. The van der Waals surface area contributed by atoms with Crippen molar-refractivity contribution in [1.29, 1.82) is 0 Å². The van der Waals surface area contributed by atoms with E-state index in [-0.39, 0.29) is 29.9 Å². The fraction of sp³-hybridized carbons (Fsp3) is 0.333. The lowest BCUT2D eigenvalue weighted by molar-refractivity contribution is -0.143. The van der Waals surface area contributed by atoms with E-state index in [1.54, 1.807) is 18.3 Å². The van der Waals surface area contributed by atoms with E-state index in [9.17, 15) is 42.3 Å². The molecule has 4 rings (SSSR count). The Kier molecular flexibility index (Phi) is 11.0. The van der Waals surface area contributed by atoms with Crippen molar-refractivity contribution in [3.8, 4) is 5.75 Å². The fourth-order valence-corrected chi connectivity index (χ4v) is 4.75. The summed E-state index contributed by atoms with van der Waals surface area (Å²) in [5.74, 6) is -6.32. The van der Waals surface area contributed by atoms with Crippen LogP contribution in [0.25, 0.3) is 0 Å². The summed E-state index contributed by atoms with van der Waals surface area (Å²) >= 11 is 0. The monoisotopic (exact) mass is 668 g/mol. The molecule has 0 saturated carbocycles. The topological polar surface area (TPSA) is 188 Å². The number of aliphatic carboxylic acids is 1. The minimum Gasteiger partial charge on any atom is -0.481 e. The van der Waals surface area contributed by atoms with Crippen molar-refractivity contribution in [2.45, 2.75) is 64.7 Å². The number of aryl methyl sites for hydroxylation is 2. The zero-order valence-electron chi connectivity index (χ0n) is 25.9. The number of carbonyl (C=O) groups is 5. The lowest BCUT2D eigenvalue weighted by atomic mass is 9.93. The van der Waals surface area contributed by atoms with E-state index in [1.165, 1.54) is 26.0 Å². The van der Waals surface area contributed by atoms with Crippen molar-refractivity contribution in [2.24, 2.45) is 16.6 Å². The number of aliphatic imine (C=N–C) groups is 1. The van der Waals surface area contributed by atoms with Gasteiger partial charge in [-0.3, -0.25) is 24.2 Å². The first-order valence-corrected chi connectivity index (χ1v) is 14.8. The Bertz CT molecular complexity index is 1770. The van der Waals surface area contributed by atoms with E-state index in [0.717, 1.165) is 11.6 Å². The maximum absolute atomic E-state index is 13.3. The van der Waals surface area contributed by atoms with Crippen LogP contribution in [-0.4, -0.2) is 56.6 Å². The number of amidine groups is 1. The highest BCUT2D eigenvalue weighted by Crippen LogP contribution is 2.34. The number of halogens is 3. The summed E-state index contributed by atoms with van der Waals surface area (Å²) in [5, 5.41) is 9.69. The van der Waals surface area contributed by atoms with Gasteiger partial charge in [0, 0.05) is 24.6 Å². The molecule has 2 aromatic carbocycles. The molecule has 1 aliphatic rings. The lowest BCUT2D eigenvalue weighted by Crippen LogP contribution is -2.25. The number of hydrogen-bond donors (Lipinski definition) is 2. The fourth-order valence-electron chi connectivity index (χ4n) is 4.75. The number of carbonyl (C=O) groups excluding carboxylic acids is 4. The number of carboxylic acid groups (broad SMARTS) is 1. The third-order valence-corrected chi connectivity index (χ3v) is 7.21. The zero-order chi connectivity index (χ0) is 35.2. The number of hydrogen-bond acceptors (Lipinski definition) is 10. The number of benzene rings is 2. The second kappa shape index (κ2) is 15.0. The van der Waals surface area contributed by atoms with Crippen LogP contribution in [0.3, 0.4) is 0 Å². The number of nitrogens with two attached hydrogens (primary N) is 1. The quantitative estimate of drug-likeness (QED) is 0.148. The third kappa shape index (κ3) is 9.30. The number of ether oxygens (including phenoxy) is 2. The average molecular weight is 669 g/mol. The Morgan fingerprint density at radius 2 is 1.75 bits per heavy atom. The molecule has 1 amide bonds. The van der Waals surface area contributed by atoms with Crippen molar-refractivity contribution in [3.63, 3.8) is 0 Å². The Hall–Kier alpha value is -5.47. The van der Waals surface area contributed by atoms with E-state index < -0.39 is 77.5 Å². The van der Waals surface area contributed by atoms with Crippen LogP contribution in [0, 0.1) is 5.92 Å². The molecule has 15 heteroatoms. The van der Waals surface area contributed by atoms with Gasteiger partial charge in [-0.2, -0.15) is 18.2 Å². The Labute approximate surface area is 272 Å². The predicted molar refractivity (Wildman–Crippen MR) is 162 cm³/mol. The highest BCUT2D eigenvalue weighted by Gasteiger charge is 2.33. The SMILES string of the molecule is CC(C)OC(=O)c1ccc(C(F)(F)F)cc1OC(=O)CCC(CC(=O)c1ccc(CCc2cnc3c(n2)C(=O)N=C(N)C3)cc1)C(=O)O. The molecule has 0 saturated heterocycles. The van der Waals surface area contributed by atoms with Gasteiger partial charge >= 0.3 is 24.1 Å². The van der Waals surface area contributed by atoms with Crippen LogP contribution >= 0.6 is 0 Å². The third-order valence-electron chi connectivity index (χ3n) is 7.21. The maximum Gasteiger partial charge on any atom is 0.416 e. The number of aromatic nitrogens is 2. The highest BCUT2D eigenvalue weighted by molar-refractivity contribution is 6.06. The number of nitrogens with zero attached hydrogens (tertiary/aromatic N) is 3. The summed E-state index contributed by atoms with van der Waals surface area (Å²) in [5.41, 5.74) is 6.31. The lowest BCUT2D eigenvalue weighted by Gasteiger charge is -2.15. The van der Waals surface area contributed by atoms with E-state index >= 15 is 0 Å². The van der Waals surface area contributed by atoms with Gasteiger partial charge in [0.05, 0.1) is 35.4 Å². The van der Waals surface area contributed by atoms with Crippen LogP contribution in [-0.2, 0) is 39.8 Å². The van der Waals surface area contributed by atoms with Crippen LogP contribution in [0.2, 0.25) is 0 Å². The normalized spacial score (nSPS) is 13.4. The van der Waals surface area contributed by atoms with E-state index in [2.05, 4.69) is 15.0 Å². The first kappa shape index (κ1) is 35.4. The van der Waals surface area contributed by atoms with Crippen LogP contribution < -0.4 is 10.5 Å². The molecule has 12 nitrogen and oxygen atoms in total. The second-order valence-corrected chi connectivity index (χ2v) is 11.3. The number of carboxylic acids is 1. The molecule has 1 aliphatic heterocycles.